The molecule has 4 rings (SSSR count). The van der Waals surface area contributed by atoms with Crippen molar-refractivity contribution < 1.29 is 19.0 Å². The van der Waals surface area contributed by atoms with E-state index in [0.29, 0.717) is 23.5 Å². The molecule has 0 fully saturated rings. The van der Waals surface area contributed by atoms with E-state index in [1.54, 1.807) is 18.2 Å². The summed E-state index contributed by atoms with van der Waals surface area (Å²) < 4.78 is 19.4. The van der Waals surface area contributed by atoms with Gasteiger partial charge in [-0.2, -0.15) is 0 Å². The number of rotatable bonds is 4. The first-order valence-electron chi connectivity index (χ1n) is 9.17. The molecule has 0 saturated carbocycles. The number of carboxylic acid groups (broad SMARTS) is 1. The maximum Gasteiger partial charge on any atom is 0.312 e. The minimum absolute atomic E-state index is 0.298. The van der Waals surface area contributed by atoms with E-state index in [1.807, 2.05) is 36.4 Å². The minimum Gasteiger partial charge on any atom is -0.481 e. The van der Waals surface area contributed by atoms with Crippen molar-refractivity contribution in [3.05, 3.63) is 83.7 Å². The molecule has 0 amide bonds. The Hall–Kier alpha value is -3.18. The summed E-state index contributed by atoms with van der Waals surface area (Å²) in [7, 11) is 0. The number of ether oxygens (including phenoxy) is 1. The van der Waals surface area contributed by atoms with Crippen molar-refractivity contribution in [1.82, 2.24) is 0 Å². The number of hydrogen-bond donors (Lipinski definition) is 2. The molecule has 0 aromatic heterocycles. The van der Waals surface area contributed by atoms with Crippen molar-refractivity contribution in [3.8, 4) is 22.6 Å². The van der Waals surface area contributed by atoms with Gasteiger partial charge in [0.05, 0.1) is 5.92 Å². The van der Waals surface area contributed by atoms with Crippen LogP contribution in [0.4, 0.5) is 4.39 Å². The van der Waals surface area contributed by atoms with Gasteiger partial charge in [0.1, 0.15) is 17.3 Å². The Bertz CT molecular complexity index is 1020. The molecule has 1 aliphatic carbocycles. The van der Waals surface area contributed by atoms with Crippen LogP contribution in [0.2, 0.25) is 0 Å². The van der Waals surface area contributed by atoms with E-state index < -0.39 is 17.9 Å². The van der Waals surface area contributed by atoms with Gasteiger partial charge in [-0.25, -0.2) is 4.39 Å². The molecule has 2 unspecified atom stereocenters. The van der Waals surface area contributed by atoms with E-state index in [9.17, 15) is 14.3 Å². The summed E-state index contributed by atoms with van der Waals surface area (Å²) in [5, 5.41) is 9.60. The minimum atomic E-state index is -0.919. The molecule has 4 nitrogen and oxygen atoms in total. The fraction of sp³-hybridized carbons (Fsp3) is 0.174. The Balaban J connectivity index is 1.70. The first-order valence-corrected chi connectivity index (χ1v) is 9.17. The van der Waals surface area contributed by atoms with E-state index in [-0.39, 0.29) is 5.82 Å². The molecule has 0 aliphatic heterocycles. The molecule has 142 valence electrons. The summed E-state index contributed by atoms with van der Waals surface area (Å²) >= 11 is 0. The number of carboxylic acids is 1. The Kier molecular flexibility index (Phi) is 4.84. The molecule has 5 heteroatoms. The quantitative estimate of drug-likeness (QED) is 0.690. The van der Waals surface area contributed by atoms with Crippen LogP contribution in [0.3, 0.4) is 0 Å². The number of carbonyl (C=O) groups is 1. The monoisotopic (exact) mass is 377 g/mol. The zero-order valence-electron chi connectivity index (χ0n) is 15.1. The van der Waals surface area contributed by atoms with Crippen molar-refractivity contribution >= 4 is 5.97 Å². The average Bonchev–Trinajstić information content (AvgIpc) is 2.68. The fourth-order valence-electron chi connectivity index (χ4n) is 3.74. The predicted octanol–water partition coefficient (Wildman–Crippen LogP) is 4.73. The lowest BCUT2D eigenvalue weighted by molar-refractivity contribution is -0.139. The third kappa shape index (κ3) is 3.49. The van der Waals surface area contributed by atoms with Crippen LogP contribution >= 0.6 is 0 Å². The molecule has 1 aliphatic rings. The van der Waals surface area contributed by atoms with Gasteiger partial charge in [-0.15, -0.1) is 0 Å². The number of aryl methyl sites for hydroxylation is 1. The van der Waals surface area contributed by atoms with Gasteiger partial charge in [-0.3, -0.25) is 4.79 Å². The summed E-state index contributed by atoms with van der Waals surface area (Å²) in [5.41, 5.74) is 9.42. The Morgan fingerprint density at radius 2 is 1.82 bits per heavy atom. The first kappa shape index (κ1) is 18.2. The van der Waals surface area contributed by atoms with Crippen LogP contribution in [0.1, 0.15) is 23.5 Å². The molecule has 0 heterocycles. The van der Waals surface area contributed by atoms with E-state index in [2.05, 4.69) is 0 Å². The highest BCUT2D eigenvalue weighted by atomic mass is 19.1. The topological polar surface area (TPSA) is 72.5 Å². The standard InChI is InChI=1S/C23H20FNO3/c24-16-9-5-14(6-10-16)18-3-1-2-4-21(18)28-17-11-7-15-8-12-20(25)22(23(26)27)19(15)13-17/h1-7,9-11,13,20,22H,8,12,25H2,(H,26,27). The maximum absolute atomic E-state index is 13.3. The molecule has 0 radical (unpaired) electrons. The Labute approximate surface area is 162 Å². The second kappa shape index (κ2) is 7.44. The highest BCUT2D eigenvalue weighted by Crippen LogP contribution is 2.37. The summed E-state index contributed by atoms with van der Waals surface area (Å²) in [4.78, 5) is 11.7. The second-order valence-electron chi connectivity index (χ2n) is 6.98. The number of fused-ring (bicyclic) bond motifs is 1. The molecule has 0 saturated heterocycles. The van der Waals surface area contributed by atoms with Gasteiger partial charge < -0.3 is 15.6 Å². The molecule has 3 aromatic carbocycles. The predicted molar refractivity (Wildman–Crippen MR) is 105 cm³/mol. The molecule has 2 atom stereocenters. The smallest absolute Gasteiger partial charge is 0.312 e. The Morgan fingerprint density at radius 1 is 1.07 bits per heavy atom. The second-order valence-corrected chi connectivity index (χ2v) is 6.98. The zero-order chi connectivity index (χ0) is 19.7. The van der Waals surface area contributed by atoms with Gasteiger partial charge in [0.2, 0.25) is 0 Å². The summed E-state index contributed by atoms with van der Waals surface area (Å²) in [5.74, 6) is -0.792. The largest absolute Gasteiger partial charge is 0.481 e. The number of halogens is 1. The van der Waals surface area contributed by atoms with E-state index >= 15 is 0 Å². The molecule has 0 bridgehead atoms. The maximum atomic E-state index is 13.3. The van der Waals surface area contributed by atoms with Crippen LogP contribution in [0.5, 0.6) is 11.5 Å². The van der Waals surface area contributed by atoms with Crippen molar-refractivity contribution in [2.24, 2.45) is 5.73 Å². The molecular weight excluding hydrogens is 357 g/mol. The van der Waals surface area contributed by atoms with Crippen molar-refractivity contribution in [2.45, 2.75) is 24.8 Å². The third-order valence-electron chi connectivity index (χ3n) is 5.16. The summed E-state index contributed by atoms with van der Waals surface area (Å²) in [6.07, 6.45) is 1.41. The zero-order valence-corrected chi connectivity index (χ0v) is 15.1. The number of benzene rings is 3. The number of hydrogen-bond acceptors (Lipinski definition) is 3. The molecule has 28 heavy (non-hydrogen) atoms. The van der Waals surface area contributed by atoms with E-state index in [1.165, 1.54) is 12.1 Å². The van der Waals surface area contributed by atoms with Crippen LogP contribution in [0.25, 0.3) is 11.1 Å². The van der Waals surface area contributed by atoms with Crippen LogP contribution in [0.15, 0.2) is 66.7 Å². The average molecular weight is 377 g/mol. The van der Waals surface area contributed by atoms with E-state index in [0.717, 1.165) is 23.1 Å². The fourth-order valence-corrected chi connectivity index (χ4v) is 3.74. The molecule has 0 spiro atoms. The summed E-state index contributed by atoms with van der Waals surface area (Å²) in [6, 6.07) is 18.8. The molecule has 3 N–H and O–H groups in total. The van der Waals surface area contributed by atoms with Gasteiger partial charge in [0.15, 0.2) is 0 Å². The normalized spacial score (nSPS) is 18.4. The van der Waals surface area contributed by atoms with Gasteiger partial charge in [0, 0.05) is 11.6 Å². The highest BCUT2D eigenvalue weighted by Gasteiger charge is 2.33. The third-order valence-corrected chi connectivity index (χ3v) is 5.16. The van der Waals surface area contributed by atoms with Crippen LogP contribution in [-0.4, -0.2) is 17.1 Å². The number of nitrogens with two attached hydrogens (primary N) is 1. The molecule has 3 aromatic rings. The highest BCUT2D eigenvalue weighted by molar-refractivity contribution is 5.78. The lowest BCUT2D eigenvalue weighted by Gasteiger charge is -2.28. The number of para-hydroxylation sites is 1. The SMILES string of the molecule is NC1CCc2ccc(Oc3ccccc3-c3ccc(F)cc3)cc2C1C(=O)O. The molecular formula is C23H20FNO3. The van der Waals surface area contributed by atoms with Crippen LogP contribution in [-0.2, 0) is 11.2 Å². The van der Waals surface area contributed by atoms with Crippen molar-refractivity contribution in [1.29, 1.82) is 0 Å². The van der Waals surface area contributed by atoms with Crippen LogP contribution < -0.4 is 10.5 Å². The van der Waals surface area contributed by atoms with Crippen LogP contribution in [0, 0.1) is 5.82 Å². The first-order chi connectivity index (χ1) is 13.5. The number of aliphatic carboxylic acids is 1. The van der Waals surface area contributed by atoms with Gasteiger partial charge in [-0.1, -0.05) is 36.4 Å². The van der Waals surface area contributed by atoms with Crippen molar-refractivity contribution in [2.75, 3.05) is 0 Å². The summed E-state index contributed by atoms with van der Waals surface area (Å²) in [6.45, 7) is 0. The lowest BCUT2D eigenvalue weighted by atomic mass is 9.79. The van der Waals surface area contributed by atoms with E-state index in [4.69, 9.17) is 10.5 Å². The van der Waals surface area contributed by atoms with Gasteiger partial charge in [-0.05, 0) is 59.9 Å². The van der Waals surface area contributed by atoms with Gasteiger partial charge >= 0.3 is 5.97 Å². The lowest BCUT2D eigenvalue weighted by Crippen LogP contribution is -2.37. The Morgan fingerprint density at radius 3 is 2.57 bits per heavy atom. The van der Waals surface area contributed by atoms with Gasteiger partial charge in [0.25, 0.3) is 0 Å². The van der Waals surface area contributed by atoms with Crippen molar-refractivity contribution in [3.63, 3.8) is 0 Å².